The molecule has 8 heteroatoms. The van der Waals surface area contributed by atoms with Gasteiger partial charge in [-0.05, 0) is 41.5 Å². The maximum Gasteiger partial charge on any atom is 0.261 e. The lowest BCUT2D eigenvalue weighted by Gasteiger charge is -2.46. The molecule has 2 aromatic rings. The number of nitrogens with two attached hydrogens (primary N) is 1. The number of rotatable bonds is 1. The van der Waals surface area contributed by atoms with E-state index in [0.717, 1.165) is 11.1 Å². The van der Waals surface area contributed by atoms with Crippen molar-refractivity contribution in [2.75, 3.05) is 20.3 Å². The maximum absolute atomic E-state index is 13.4. The summed E-state index contributed by atoms with van der Waals surface area (Å²) in [5.41, 5.74) is 6.92. The van der Waals surface area contributed by atoms with E-state index in [1.165, 1.54) is 4.90 Å². The number of carbonyl (C=O) groups excluding carboxylic acids is 1. The average molecular weight is 446 g/mol. The van der Waals surface area contributed by atoms with E-state index >= 15 is 0 Å². The van der Waals surface area contributed by atoms with E-state index in [0.29, 0.717) is 53.8 Å². The molecule has 0 saturated carbocycles. The summed E-state index contributed by atoms with van der Waals surface area (Å²) in [4.78, 5) is 19.6. The first-order chi connectivity index (χ1) is 14.3. The van der Waals surface area contributed by atoms with Gasteiger partial charge in [0.25, 0.3) is 5.91 Å². The van der Waals surface area contributed by atoms with Crippen molar-refractivity contribution in [1.29, 1.82) is 0 Å². The molecule has 0 aliphatic carbocycles. The van der Waals surface area contributed by atoms with Crippen LogP contribution in [0.1, 0.15) is 24.8 Å². The summed E-state index contributed by atoms with van der Waals surface area (Å²) >= 11 is 12.4. The highest BCUT2D eigenvalue weighted by molar-refractivity contribution is 6.35. The van der Waals surface area contributed by atoms with Crippen molar-refractivity contribution in [3.8, 4) is 16.9 Å². The standard InChI is InChI=1S/C22H21Cl2N3O3/c1-27-19(28)22(26-20(27)25)12-21(4-6-29-7-5-21)30-18-3-2-13(10-17(18)22)14-8-15(23)11-16(24)9-14/h2-3,8-11H,4-7,12H2,1H3,(H2,25,26). The lowest BCUT2D eigenvalue weighted by atomic mass is 9.73. The van der Waals surface area contributed by atoms with Gasteiger partial charge in [-0.2, -0.15) is 0 Å². The van der Waals surface area contributed by atoms with Crippen molar-refractivity contribution >= 4 is 35.1 Å². The molecule has 3 heterocycles. The molecule has 1 atom stereocenters. The number of amides is 1. The van der Waals surface area contributed by atoms with Gasteiger partial charge in [-0.1, -0.05) is 29.3 Å². The minimum Gasteiger partial charge on any atom is -0.487 e. The Kier molecular flexibility index (Phi) is 4.51. The third-order valence-corrected chi connectivity index (χ3v) is 6.67. The zero-order valence-electron chi connectivity index (χ0n) is 16.5. The lowest BCUT2D eigenvalue weighted by molar-refractivity contribution is -0.137. The first-order valence-corrected chi connectivity index (χ1v) is 10.6. The first-order valence-electron chi connectivity index (χ1n) is 9.83. The fourth-order valence-electron chi connectivity index (χ4n) is 4.69. The van der Waals surface area contributed by atoms with Gasteiger partial charge in [0.05, 0.1) is 13.2 Å². The number of ether oxygens (including phenoxy) is 2. The van der Waals surface area contributed by atoms with Crippen molar-refractivity contribution in [1.82, 2.24) is 4.90 Å². The summed E-state index contributed by atoms with van der Waals surface area (Å²) in [6, 6.07) is 11.2. The van der Waals surface area contributed by atoms with Crippen LogP contribution in [0.25, 0.3) is 11.1 Å². The zero-order valence-corrected chi connectivity index (χ0v) is 18.0. The number of benzene rings is 2. The van der Waals surface area contributed by atoms with Crippen molar-refractivity contribution in [3.05, 3.63) is 52.0 Å². The van der Waals surface area contributed by atoms with E-state index in [1.54, 1.807) is 13.1 Å². The highest BCUT2D eigenvalue weighted by Crippen LogP contribution is 2.52. The van der Waals surface area contributed by atoms with E-state index in [-0.39, 0.29) is 11.9 Å². The number of carbonyl (C=O) groups is 1. The van der Waals surface area contributed by atoms with Crippen LogP contribution >= 0.6 is 23.2 Å². The quantitative estimate of drug-likeness (QED) is 0.719. The second-order valence-electron chi connectivity index (χ2n) is 8.14. The highest BCUT2D eigenvalue weighted by Gasteiger charge is 2.58. The van der Waals surface area contributed by atoms with Gasteiger partial charge < -0.3 is 15.2 Å². The minimum atomic E-state index is -1.11. The van der Waals surface area contributed by atoms with Gasteiger partial charge in [-0.15, -0.1) is 0 Å². The van der Waals surface area contributed by atoms with Crippen LogP contribution in [0.2, 0.25) is 10.0 Å². The molecule has 1 fully saturated rings. The molecule has 156 valence electrons. The third kappa shape index (κ3) is 2.97. The Balaban J connectivity index is 1.69. The van der Waals surface area contributed by atoms with Crippen LogP contribution < -0.4 is 10.5 Å². The van der Waals surface area contributed by atoms with E-state index in [9.17, 15) is 4.79 Å². The van der Waals surface area contributed by atoms with Crippen molar-refractivity contribution in [2.24, 2.45) is 10.7 Å². The molecule has 3 aliphatic heterocycles. The molecule has 6 nitrogen and oxygen atoms in total. The molecule has 1 saturated heterocycles. The third-order valence-electron chi connectivity index (χ3n) is 6.24. The Morgan fingerprint density at radius 2 is 1.77 bits per heavy atom. The first kappa shape index (κ1) is 19.7. The van der Waals surface area contributed by atoms with Crippen LogP contribution in [0.15, 0.2) is 41.4 Å². The number of likely N-dealkylation sites (N-methyl/N-ethyl adjacent to an activating group) is 1. The predicted molar refractivity (Wildman–Crippen MR) is 116 cm³/mol. The topological polar surface area (TPSA) is 77.2 Å². The summed E-state index contributed by atoms with van der Waals surface area (Å²) in [7, 11) is 1.66. The SMILES string of the molecule is CN1C(=O)C2(CC3(CCOCC3)Oc3ccc(-c4cc(Cl)cc(Cl)c4)cc32)N=C1N. The van der Waals surface area contributed by atoms with Crippen LogP contribution in [0.5, 0.6) is 5.75 Å². The second kappa shape index (κ2) is 6.87. The molecule has 1 amide bonds. The van der Waals surface area contributed by atoms with Crippen LogP contribution in [0.3, 0.4) is 0 Å². The monoisotopic (exact) mass is 445 g/mol. The highest BCUT2D eigenvalue weighted by atomic mass is 35.5. The summed E-state index contributed by atoms with van der Waals surface area (Å²) < 4.78 is 12.0. The number of halogens is 2. The Morgan fingerprint density at radius 1 is 1.07 bits per heavy atom. The van der Waals surface area contributed by atoms with Crippen LogP contribution in [0, 0.1) is 0 Å². The van der Waals surface area contributed by atoms with Gasteiger partial charge in [-0.3, -0.25) is 9.69 Å². The van der Waals surface area contributed by atoms with E-state index in [1.807, 2.05) is 30.3 Å². The summed E-state index contributed by atoms with van der Waals surface area (Å²) in [5, 5.41) is 1.09. The molecule has 30 heavy (non-hydrogen) atoms. The number of nitrogens with zero attached hydrogens (tertiary/aromatic N) is 2. The van der Waals surface area contributed by atoms with Gasteiger partial charge in [0, 0.05) is 41.9 Å². The predicted octanol–water partition coefficient (Wildman–Crippen LogP) is 3.97. The summed E-state index contributed by atoms with van der Waals surface area (Å²) in [5.74, 6) is 0.725. The number of guanidine groups is 1. The maximum atomic E-state index is 13.4. The molecule has 2 N–H and O–H groups in total. The van der Waals surface area contributed by atoms with Gasteiger partial charge >= 0.3 is 0 Å². The molecule has 1 unspecified atom stereocenters. The molecular formula is C22H21Cl2N3O3. The zero-order chi connectivity index (χ0) is 21.1. The molecule has 0 aromatic heterocycles. The Bertz CT molecular complexity index is 1060. The molecule has 2 aromatic carbocycles. The van der Waals surface area contributed by atoms with Crippen molar-refractivity contribution < 1.29 is 14.3 Å². The van der Waals surface area contributed by atoms with Crippen LogP contribution in [0.4, 0.5) is 0 Å². The van der Waals surface area contributed by atoms with Crippen LogP contribution in [-0.2, 0) is 15.1 Å². The number of hydrogen-bond acceptors (Lipinski definition) is 5. The molecule has 0 bridgehead atoms. The van der Waals surface area contributed by atoms with E-state index in [4.69, 9.17) is 43.4 Å². The normalized spacial score (nSPS) is 24.7. The number of hydrogen-bond donors (Lipinski definition) is 1. The largest absolute Gasteiger partial charge is 0.487 e. The summed E-state index contributed by atoms with van der Waals surface area (Å²) in [6.07, 6.45) is 1.83. The Hall–Kier alpha value is -2.28. The van der Waals surface area contributed by atoms with Gasteiger partial charge in [0.1, 0.15) is 11.4 Å². The fourth-order valence-corrected chi connectivity index (χ4v) is 5.21. The average Bonchev–Trinajstić information content (AvgIpc) is 2.91. The number of fused-ring (bicyclic) bond motifs is 2. The smallest absolute Gasteiger partial charge is 0.261 e. The van der Waals surface area contributed by atoms with E-state index < -0.39 is 11.1 Å². The minimum absolute atomic E-state index is 0.142. The molecule has 5 rings (SSSR count). The number of aliphatic imine (C=N–C) groups is 1. The molecular weight excluding hydrogens is 425 g/mol. The Morgan fingerprint density at radius 3 is 2.40 bits per heavy atom. The van der Waals surface area contributed by atoms with Crippen LogP contribution in [-0.4, -0.2) is 42.6 Å². The van der Waals surface area contributed by atoms with Gasteiger partial charge in [-0.25, -0.2) is 4.99 Å². The second-order valence-corrected chi connectivity index (χ2v) is 9.01. The Labute approximate surface area is 184 Å². The fraction of sp³-hybridized carbons (Fsp3) is 0.364. The molecule has 0 radical (unpaired) electrons. The van der Waals surface area contributed by atoms with Crippen molar-refractivity contribution in [2.45, 2.75) is 30.4 Å². The van der Waals surface area contributed by atoms with Gasteiger partial charge in [0.2, 0.25) is 0 Å². The van der Waals surface area contributed by atoms with Gasteiger partial charge in [0.15, 0.2) is 11.5 Å². The van der Waals surface area contributed by atoms with E-state index in [2.05, 4.69) is 0 Å². The molecule has 3 aliphatic rings. The molecule has 2 spiro atoms. The summed E-state index contributed by atoms with van der Waals surface area (Å²) in [6.45, 7) is 1.18. The lowest BCUT2D eigenvalue weighted by Crippen LogP contribution is -2.53. The van der Waals surface area contributed by atoms with Crippen molar-refractivity contribution in [3.63, 3.8) is 0 Å².